The third-order valence-electron chi connectivity index (χ3n) is 4.17. The molecule has 0 aromatic carbocycles. The van der Waals surface area contributed by atoms with Crippen molar-refractivity contribution in [2.24, 2.45) is 0 Å². The van der Waals surface area contributed by atoms with Crippen LogP contribution >= 0.6 is 0 Å². The van der Waals surface area contributed by atoms with Gasteiger partial charge in [0.25, 0.3) is 0 Å². The largest absolute Gasteiger partial charge is 0.362 e. The summed E-state index contributed by atoms with van der Waals surface area (Å²) >= 11 is 0. The van der Waals surface area contributed by atoms with Crippen molar-refractivity contribution in [1.82, 2.24) is 14.9 Å². The zero-order valence-corrected chi connectivity index (χ0v) is 13.5. The maximum atomic E-state index is 4.66. The van der Waals surface area contributed by atoms with Gasteiger partial charge in [-0.05, 0) is 49.7 Å². The average molecular weight is 296 g/mol. The summed E-state index contributed by atoms with van der Waals surface area (Å²) in [6, 6.07) is 8.35. The fraction of sp³-hybridized carbons (Fsp3) is 0.444. The van der Waals surface area contributed by atoms with Gasteiger partial charge in [-0.15, -0.1) is 0 Å². The number of piperidine rings is 1. The van der Waals surface area contributed by atoms with Crippen LogP contribution in [-0.2, 0) is 6.54 Å². The molecule has 3 heterocycles. The number of rotatable bonds is 4. The molecular weight excluding hydrogens is 272 g/mol. The van der Waals surface area contributed by atoms with Gasteiger partial charge in [0.1, 0.15) is 5.82 Å². The summed E-state index contributed by atoms with van der Waals surface area (Å²) in [5.41, 5.74) is 3.36. The van der Waals surface area contributed by atoms with Crippen LogP contribution in [0.15, 0.2) is 36.7 Å². The first-order valence-electron chi connectivity index (χ1n) is 8.04. The summed E-state index contributed by atoms with van der Waals surface area (Å²) in [4.78, 5) is 13.7. The highest BCUT2D eigenvalue weighted by Crippen LogP contribution is 2.26. The van der Waals surface area contributed by atoms with Crippen LogP contribution in [-0.4, -0.2) is 42.1 Å². The molecule has 0 radical (unpaired) electrons. The maximum Gasteiger partial charge on any atom is 0.137 e. The van der Waals surface area contributed by atoms with Crippen molar-refractivity contribution in [3.05, 3.63) is 42.2 Å². The lowest BCUT2D eigenvalue weighted by Gasteiger charge is -2.26. The minimum Gasteiger partial charge on any atom is -0.362 e. The van der Waals surface area contributed by atoms with Gasteiger partial charge in [0.15, 0.2) is 0 Å². The summed E-state index contributed by atoms with van der Waals surface area (Å²) in [6.45, 7) is 3.45. The van der Waals surface area contributed by atoms with Gasteiger partial charge in [-0.1, -0.05) is 12.5 Å². The molecule has 1 aliphatic rings. The lowest BCUT2D eigenvalue weighted by molar-refractivity contribution is 0.220. The molecule has 116 valence electrons. The number of nitrogens with zero attached hydrogens (tertiary/aromatic N) is 4. The number of hydrogen-bond acceptors (Lipinski definition) is 4. The second-order valence-electron chi connectivity index (χ2n) is 6.16. The minimum atomic E-state index is 0.957. The van der Waals surface area contributed by atoms with Gasteiger partial charge in [-0.2, -0.15) is 0 Å². The fourth-order valence-corrected chi connectivity index (χ4v) is 3.01. The normalized spacial score (nSPS) is 15.7. The van der Waals surface area contributed by atoms with Crippen molar-refractivity contribution in [2.75, 3.05) is 32.1 Å². The van der Waals surface area contributed by atoms with E-state index < -0.39 is 0 Å². The molecule has 0 bridgehead atoms. The van der Waals surface area contributed by atoms with Crippen LogP contribution in [0.25, 0.3) is 11.3 Å². The average Bonchev–Trinajstić information content (AvgIpc) is 2.56. The Morgan fingerprint density at radius 1 is 1.05 bits per heavy atom. The monoisotopic (exact) mass is 296 g/mol. The van der Waals surface area contributed by atoms with E-state index in [0.29, 0.717) is 0 Å². The summed E-state index contributed by atoms with van der Waals surface area (Å²) in [5, 5.41) is 0. The third kappa shape index (κ3) is 3.45. The molecule has 2 aromatic heterocycles. The van der Waals surface area contributed by atoms with Crippen LogP contribution in [0.5, 0.6) is 0 Å². The summed E-state index contributed by atoms with van der Waals surface area (Å²) < 4.78 is 0. The first-order chi connectivity index (χ1) is 10.7. The van der Waals surface area contributed by atoms with E-state index in [-0.39, 0.29) is 0 Å². The van der Waals surface area contributed by atoms with Crippen LogP contribution in [0.3, 0.4) is 0 Å². The second-order valence-corrected chi connectivity index (χ2v) is 6.16. The van der Waals surface area contributed by atoms with Gasteiger partial charge >= 0.3 is 0 Å². The summed E-state index contributed by atoms with van der Waals surface area (Å²) in [7, 11) is 4.02. The van der Waals surface area contributed by atoms with Crippen LogP contribution < -0.4 is 4.90 Å². The molecule has 4 nitrogen and oxygen atoms in total. The van der Waals surface area contributed by atoms with Gasteiger partial charge in [-0.25, -0.2) is 4.98 Å². The Kier molecular flexibility index (Phi) is 4.68. The lowest BCUT2D eigenvalue weighted by Crippen LogP contribution is -2.29. The van der Waals surface area contributed by atoms with Gasteiger partial charge in [-0.3, -0.25) is 9.88 Å². The Morgan fingerprint density at radius 2 is 1.86 bits per heavy atom. The van der Waals surface area contributed by atoms with Crippen LogP contribution in [0.4, 0.5) is 5.82 Å². The Hall–Kier alpha value is -1.94. The van der Waals surface area contributed by atoms with E-state index in [2.05, 4.69) is 33.1 Å². The molecule has 2 aromatic rings. The number of likely N-dealkylation sites (tertiary alicyclic amines) is 1. The molecule has 4 heteroatoms. The lowest BCUT2D eigenvalue weighted by atomic mass is 10.1. The van der Waals surface area contributed by atoms with Gasteiger partial charge in [0.05, 0.1) is 5.69 Å². The fourth-order valence-electron chi connectivity index (χ4n) is 3.01. The molecule has 22 heavy (non-hydrogen) atoms. The molecule has 1 saturated heterocycles. The molecule has 0 atom stereocenters. The van der Waals surface area contributed by atoms with Crippen LogP contribution in [0.1, 0.15) is 24.8 Å². The van der Waals surface area contributed by atoms with Crippen molar-refractivity contribution in [3.63, 3.8) is 0 Å². The van der Waals surface area contributed by atoms with E-state index in [1.807, 2.05) is 37.5 Å². The van der Waals surface area contributed by atoms with Gasteiger partial charge < -0.3 is 4.90 Å². The van der Waals surface area contributed by atoms with E-state index in [4.69, 9.17) is 0 Å². The number of aromatic nitrogens is 2. The highest BCUT2D eigenvalue weighted by Gasteiger charge is 2.12. The molecule has 0 spiro atoms. The zero-order valence-electron chi connectivity index (χ0n) is 13.5. The van der Waals surface area contributed by atoms with Crippen molar-refractivity contribution in [1.29, 1.82) is 0 Å². The van der Waals surface area contributed by atoms with Crippen molar-refractivity contribution in [3.8, 4) is 11.3 Å². The SMILES string of the molecule is CN(C)c1ncccc1-c1ccc(CN2CCCCC2)cn1. The molecule has 1 fully saturated rings. The summed E-state index contributed by atoms with van der Waals surface area (Å²) in [6.07, 6.45) is 7.86. The van der Waals surface area contributed by atoms with Crippen molar-refractivity contribution in [2.45, 2.75) is 25.8 Å². The second kappa shape index (κ2) is 6.88. The molecule has 0 unspecified atom stereocenters. The highest BCUT2D eigenvalue weighted by molar-refractivity contribution is 5.72. The Bertz CT molecular complexity index is 601. The first kappa shape index (κ1) is 15.0. The predicted molar refractivity (Wildman–Crippen MR) is 90.9 cm³/mol. The standard InChI is InChI=1S/C18H24N4/c1-21(2)18-16(7-6-10-19-18)17-9-8-15(13-20-17)14-22-11-4-3-5-12-22/h6-10,13H,3-5,11-12,14H2,1-2H3. The van der Waals surface area contributed by atoms with E-state index in [1.165, 1.54) is 37.9 Å². The van der Waals surface area contributed by atoms with Gasteiger partial charge in [0.2, 0.25) is 0 Å². The van der Waals surface area contributed by atoms with Gasteiger partial charge in [0, 0.05) is 38.6 Å². The summed E-state index contributed by atoms with van der Waals surface area (Å²) in [5.74, 6) is 0.957. The van der Waals surface area contributed by atoms with E-state index in [1.54, 1.807) is 0 Å². The number of anilines is 1. The van der Waals surface area contributed by atoms with E-state index in [0.717, 1.165) is 23.6 Å². The molecule has 0 aliphatic carbocycles. The van der Waals surface area contributed by atoms with Crippen molar-refractivity contribution < 1.29 is 0 Å². The van der Waals surface area contributed by atoms with Crippen LogP contribution in [0.2, 0.25) is 0 Å². The number of pyridine rings is 2. The first-order valence-corrected chi connectivity index (χ1v) is 8.04. The van der Waals surface area contributed by atoms with Crippen LogP contribution in [0, 0.1) is 0 Å². The Balaban J connectivity index is 1.76. The smallest absolute Gasteiger partial charge is 0.137 e. The molecule has 1 aliphatic heterocycles. The molecular formula is C18H24N4. The number of hydrogen-bond donors (Lipinski definition) is 0. The predicted octanol–water partition coefficient (Wildman–Crippen LogP) is 3.20. The quantitative estimate of drug-likeness (QED) is 0.867. The van der Waals surface area contributed by atoms with E-state index in [9.17, 15) is 0 Å². The third-order valence-corrected chi connectivity index (χ3v) is 4.17. The minimum absolute atomic E-state index is 0.957. The molecule has 3 rings (SSSR count). The topological polar surface area (TPSA) is 32.3 Å². The van der Waals surface area contributed by atoms with Crippen molar-refractivity contribution >= 4 is 5.82 Å². The Morgan fingerprint density at radius 3 is 2.55 bits per heavy atom. The van der Waals surface area contributed by atoms with E-state index >= 15 is 0 Å². The highest BCUT2D eigenvalue weighted by atomic mass is 15.1. The Labute approximate surface area is 132 Å². The molecule has 0 N–H and O–H groups in total. The zero-order chi connectivity index (χ0) is 15.4. The maximum absolute atomic E-state index is 4.66. The molecule has 0 saturated carbocycles. The molecule has 0 amide bonds.